The van der Waals surface area contributed by atoms with Crippen LogP contribution in [-0.4, -0.2) is 38.6 Å². The smallest absolute Gasteiger partial charge is 0.265 e. The quantitative estimate of drug-likeness (QED) is 0.852. The lowest BCUT2D eigenvalue weighted by Crippen LogP contribution is -2.33. The summed E-state index contributed by atoms with van der Waals surface area (Å²) >= 11 is 0. The Morgan fingerprint density at radius 3 is 2.50 bits per heavy atom. The summed E-state index contributed by atoms with van der Waals surface area (Å²) in [6, 6.07) is 7.93. The zero-order valence-electron chi connectivity index (χ0n) is 13.7. The van der Waals surface area contributed by atoms with Gasteiger partial charge in [0.05, 0.1) is 16.1 Å². The van der Waals surface area contributed by atoms with E-state index in [1.807, 2.05) is 6.92 Å². The first-order valence-corrected chi connectivity index (χ1v) is 9.10. The average Bonchev–Trinajstić information content (AvgIpc) is 2.82. The molecule has 0 spiro atoms. The van der Waals surface area contributed by atoms with Crippen LogP contribution in [0.1, 0.15) is 30.1 Å². The molecule has 0 saturated heterocycles. The fraction of sp³-hybridized carbons (Fsp3) is 0.294. The van der Waals surface area contributed by atoms with Crippen molar-refractivity contribution in [2.24, 2.45) is 0 Å². The van der Waals surface area contributed by atoms with Crippen LogP contribution in [0.15, 0.2) is 35.2 Å². The molecule has 0 fully saturated rings. The molecule has 0 aromatic heterocycles. The van der Waals surface area contributed by atoms with Crippen LogP contribution in [-0.2, 0) is 14.8 Å². The van der Waals surface area contributed by atoms with Gasteiger partial charge < -0.3 is 0 Å². The van der Waals surface area contributed by atoms with Gasteiger partial charge in [-0.2, -0.15) is 0 Å². The Bertz CT molecular complexity index is 964. The zero-order chi connectivity index (χ0) is 17.6. The van der Waals surface area contributed by atoms with Gasteiger partial charge in [-0.25, -0.2) is 17.6 Å². The molecule has 24 heavy (non-hydrogen) atoms. The van der Waals surface area contributed by atoms with E-state index < -0.39 is 15.9 Å². The third-order valence-electron chi connectivity index (χ3n) is 4.12. The zero-order valence-corrected chi connectivity index (χ0v) is 14.6. The molecule has 1 aliphatic heterocycles. The molecule has 6 nitrogen and oxygen atoms in total. The molecule has 0 atom stereocenters. The van der Waals surface area contributed by atoms with Crippen molar-refractivity contribution in [2.45, 2.75) is 24.7 Å². The van der Waals surface area contributed by atoms with Crippen molar-refractivity contribution in [2.75, 3.05) is 19.0 Å². The maximum absolute atomic E-state index is 12.6. The topological polar surface area (TPSA) is 74.8 Å². The van der Waals surface area contributed by atoms with E-state index in [1.165, 1.54) is 20.2 Å². The van der Waals surface area contributed by atoms with E-state index in [0.29, 0.717) is 28.4 Å². The number of hydrogen-bond acceptors (Lipinski definition) is 4. The summed E-state index contributed by atoms with van der Waals surface area (Å²) in [5, 5.41) is 0.980. The minimum Gasteiger partial charge on any atom is -0.274 e. The molecule has 1 aliphatic rings. The molecule has 2 amide bonds. The number of hydrogen-bond donors (Lipinski definition) is 0. The Kier molecular flexibility index (Phi) is 3.93. The number of imide groups is 1. The van der Waals surface area contributed by atoms with Crippen LogP contribution in [0.25, 0.3) is 10.8 Å². The predicted molar refractivity (Wildman–Crippen MR) is 91.5 cm³/mol. The predicted octanol–water partition coefficient (Wildman–Crippen LogP) is 2.38. The molecule has 2 aromatic rings. The molecular formula is C17H18N2O4S. The number of sulfonamides is 1. The molecule has 2 aromatic carbocycles. The van der Waals surface area contributed by atoms with Gasteiger partial charge in [-0.05, 0) is 24.6 Å². The standard InChI is InChI=1S/C17H18N2O4S/c1-4-6-15(20)19-13-9-10-14(24(22,23)18(2)3)11-7-5-8-12(16(11)13)17(19)21/h5,7-10H,4,6H2,1-3H3. The van der Waals surface area contributed by atoms with E-state index in [9.17, 15) is 18.0 Å². The molecule has 0 N–H and O–H groups in total. The lowest BCUT2D eigenvalue weighted by atomic mass is 10.1. The highest BCUT2D eigenvalue weighted by molar-refractivity contribution is 7.89. The highest BCUT2D eigenvalue weighted by Gasteiger charge is 2.35. The lowest BCUT2D eigenvalue weighted by molar-refractivity contribution is -0.117. The molecule has 7 heteroatoms. The summed E-state index contributed by atoms with van der Waals surface area (Å²) < 4.78 is 26.2. The first-order chi connectivity index (χ1) is 11.3. The van der Waals surface area contributed by atoms with Crippen molar-refractivity contribution in [3.05, 3.63) is 35.9 Å². The van der Waals surface area contributed by atoms with Crippen LogP contribution in [0.3, 0.4) is 0 Å². The van der Waals surface area contributed by atoms with Crippen molar-refractivity contribution in [3.8, 4) is 0 Å². The number of anilines is 1. The summed E-state index contributed by atoms with van der Waals surface area (Å²) in [5.41, 5.74) is 0.824. The van der Waals surface area contributed by atoms with Crippen molar-refractivity contribution in [1.82, 2.24) is 4.31 Å². The Balaban J connectivity index is 2.31. The fourth-order valence-corrected chi connectivity index (χ4v) is 4.03. The molecule has 3 rings (SSSR count). The second kappa shape index (κ2) is 5.68. The van der Waals surface area contributed by atoms with Crippen molar-refractivity contribution in [3.63, 3.8) is 0 Å². The minimum atomic E-state index is -3.66. The average molecular weight is 346 g/mol. The van der Waals surface area contributed by atoms with Gasteiger partial charge in [0, 0.05) is 31.3 Å². The van der Waals surface area contributed by atoms with Crippen molar-refractivity contribution < 1.29 is 18.0 Å². The van der Waals surface area contributed by atoms with Gasteiger partial charge in [0.1, 0.15) is 0 Å². The van der Waals surface area contributed by atoms with Crippen LogP contribution >= 0.6 is 0 Å². The third kappa shape index (κ3) is 2.23. The second-order valence-electron chi connectivity index (χ2n) is 5.88. The Hall–Kier alpha value is -2.25. The first kappa shape index (κ1) is 16.6. The highest BCUT2D eigenvalue weighted by atomic mass is 32.2. The Morgan fingerprint density at radius 1 is 1.17 bits per heavy atom. The van der Waals surface area contributed by atoms with Gasteiger partial charge in [0.25, 0.3) is 5.91 Å². The molecule has 126 valence electrons. The number of amides is 2. The van der Waals surface area contributed by atoms with E-state index in [-0.39, 0.29) is 17.2 Å². The third-order valence-corrected chi connectivity index (χ3v) is 6.00. The summed E-state index contributed by atoms with van der Waals surface area (Å²) in [5.74, 6) is -0.670. The summed E-state index contributed by atoms with van der Waals surface area (Å²) in [6.07, 6.45) is 0.897. The maximum atomic E-state index is 12.6. The molecular weight excluding hydrogens is 328 g/mol. The van der Waals surface area contributed by atoms with Crippen molar-refractivity contribution in [1.29, 1.82) is 0 Å². The second-order valence-corrected chi connectivity index (χ2v) is 8.00. The molecule has 0 radical (unpaired) electrons. The van der Waals surface area contributed by atoms with E-state index in [4.69, 9.17) is 0 Å². The van der Waals surface area contributed by atoms with Gasteiger partial charge in [0.15, 0.2) is 0 Å². The maximum Gasteiger partial charge on any atom is 0.265 e. The Labute approximate surface area is 140 Å². The van der Waals surface area contributed by atoms with Crippen LogP contribution < -0.4 is 4.90 Å². The molecule has 0 aliphatic carbocycles. The van der Waals surface area contributed by atoms with Crippen molar-refractivity contribution >= 4 is 38.3 Å². The number of benzene rings is 2. The molecule has 0 unspecified atom stereocenters. The van der Waals surface area contributed by atoms with Gasteiger partial charge in [0.2, 0.25) is 15.9 Å². The number of carbonyl (C=O) groups is 2. The molecule has 0 bridgehead atoms. The number of nitrogens with zero attached hydrogens (tertiary/aromatic N) is 2. The Morgan fingerprint density at radius 2 is 1.88 bits per heavy atom. The van der Waals surface area contributed by atoms with Gasteiger partial charge in [-0.1, -0.05) is 19.1 Å². The lowest BCUT2D eigenvalue weighted by Gasteiger charge is -2.17. The normalized spacial score (nSPS) is 14.0. The largest absolute Gasteiger partial charge is 0.274 e. The summed E-state index contributed by atoms with van der Waals surface area (Å²) in [6.45, 7) is 1.87. The minimum absolute atomic E-state index is 0.130. The monoisotopic (exact) mass is 346 g/mol. The molecule has 0 saturated carbocycles. The first-order valence-electron chi connectivity index (χ1n) is 7.66. The van der Waals surface area contributed by atoms with E-state index >= 15 is 0 Å². The van der Waals surface area contributed by atoms with E-state index in [1.54, 1.807) is 24.3 Å². The van der Waals surface area contributed by atoms with Crippen LogP contribution in [0.4, 0.5) is 5.69 Å². The number of rotatable bonds is 4. The van der Waals surface area contributed by atoms with Crippen LogP contribution in [0.5, 0.6) is 0 Å². The van der Waals surface area contributed by atoms with E-state index in [0.717, 1.165) is 9.21 Å². The summed E-state index contributed by atoms with van der Waals surface area (Å²) in [7, 11) is -0.738. The highest BCUT2D eigenvalue weighted by Crippen LogP contribution is 2.40. The van der Waals surface area contributed by atoms with Gasteiger partial charge >= 0.3 is 0 Å². The summed E-state index contributed by atoms with van der Waals surface area (Å²) in [4.78, 5) is 26.3. The SMILES string of the molecule is CCCC(=O)N1C(=O)c2cccc3c(S(=O)(=O)N(C)C)ccc1c23. The van der Waals surface area contributed by atoms with Crippen LogP contribution in [0.2, 0.25) is 0 Å². The number of carbonyl (C=O) groups excluding carboxylic acids is 2. The fourth-order valence-electron chi connectivity index (χ4n) is 2.95. The van der Waals surface area contributed by atoms with Gasteiger partial charge in [-0.3, -0.25) is 9.59 Å². The van der Waals surface area contributed by atoms with E-state index in [2.05, 4.69) is 0 Å². The van der Waals surface area contributed by atoms with Crippen LogP contribution in [0, 0.1) is 0 Å². The molecule has 1 heterocycles. The van der Waals surface area contributed by atoms with Gasteiger partial charge in [-0.15, -0.1) is 0 Å².